The van der Waals surface area contributed by atoms with Gasteiger partial charge >= 0.3 is 0 Å². The summed E-state index contributed by atoms with van der Waals surface area (Å²) in [5.74, 6) is 0. The van der Waals surface area contributed by atoms with Crippen LogP contribution in [0.2, 0.25) is 5.02 Å². The lowest BCUT2D eigenvalue weighted by molar-refractivity contribution is 0.590. The summed E-state index contributed by atoms with van der Waals surface area (Å²) in [6, 6.07) is 105. The van der Waals surface area contributed by atoms with Gasteiger partial charge in [-0.2, -0.15) is 0 Å². The van der Waals surface area contributed by atoms with Crippen molar-refractivity contribution in [3.63, 3.8) is 0 Å². The highest BCUT2D eigenvalue weighted by Gasteiger charge is 2.45. The van der Waals surface area contributed by atoms with Crippen molar-refractivity contribution in [3.05, 3.63) is 300 Å². The fourth-order valence-electron chi connectivity index (χ4n) is 14.5. The van der Waals surface area contributed by atoms with Crippen LogP contribution in [-0.4, -0.2) is 11.3 Å². The highest BCUT2D eigenvalue weighted by atomic mass is 79.9. The average Bonchev–Trinajstić information content (AvgIpc) is 0.846. The Bertz CT molecular complexity index is 5250. The molecular formula is C82H56BBrClN3O. The largest absolute Gasteiger partial charge is 0.456 e. The molecule has 0 fully saturated rings. The number of aromatic nitrogens is 1. The quantitative estimate of drug-likeness (QED) is 0.142. The van der Waals surface area contributed by atoms with Gasteiger partial charge in [-0.3, -0.25) is 0 Å². The predicted octanol–water partition coefficient (Wildman–Crippen LogP) is 21.8. The zero-order chi connectivity index (χ0) is 59.6. The second kappa shape index (κ2) is 20.8. The molecule has 13 aromatic carbocycles. The van der Waals surface area contributed by atoms with Crippen LogP contribution < -0.4 is 26.2 Å². The first-order valence-electron chi connectivity index (χ1n) is 30.5. The minimum atomic E-state index is -0.209. The number of benzene rings is 13. The SMILES string of the molecule is CC(C)(C)c1ccc(N2c3cc(Cl)ccc3B3c4ccc(Br)cc4N(c4c(-c5ccccc5)cccc4-c4ccccc4)c4cc(-c5c(-c6ccc7oc8ccccc8c7c6)cccc5-n5c6ccccc6c6ccccc65)cc2c43)c(-c2ccccc2)c1. The van der Waals surface area contributed by atoms with Crippen LogP contribution >= 0.6 is 27.5 Å². The molecule has 0 unspecified atom stereocenters. The molecule has 17 rings (SSSR count). The number of hydrogen-bond donors (Lipinski definition) is 0. The van der Waals surface area contributed by atoms with Gasteiger partial charge in [0.2, 0.25) is 0 Å². The monoisotopic (exact) mass is 1220 g/mol. The van der Waals surface area contributed by atoms with Gasteiger partial charge in [-0.1, -0.05) is 248 Å². The van der Waals surface area contributed by atoms with Crippen molar-refractivity contribution in [2.45, 2.75) is 26.2 Å². The van der Waals surface area contributed by atoms with Gasteiger partial charge in [0.15, 0.2) is 0 Å². The van der Waals surface area contributed by atoms with E-state index in [9.17, 15) is 0 Å². The molecule has 15 aromatic rings. The van der Waals surface area contributed by atoms with Crippen molar-refractivity contribution >= 4 is 129 Å². The lowest BCUT2D eigenvalue weighted by atomic mass is 9.33. The minimum absolute atomic E-state index is 0.130. The molecular weight excluding hydrogens is 1170 g/mol. The molecule has 0 spiro atoms. The first kappa shape index (κ1) is 53.2. The van der Waals surface area contributed by atoms with E-state index in [0.29, 0.717) is 5.02 Å². The molecule has 0 N–H and O–H groups in total. The van der Waals surface area contributed by atoms with Gasteiger partial charge < -0.3 is 18.8 Å². The Labute approximate surface area is 531 Å². The van der Waals surface area contributed by atoms with E-state index in [1.54, 1.807) is 0 Å². The Balaban J connectivity index is 1.07. The van der Waals surface area contributed by atoms with E-state index in [4.69, 9.17) is 16.0 Å². The second-order valence-corrected chi connectivity index (χ2v) is 26.0. The summed E-state index contributed by atoms with van der Waals surface area (Å²) in [7, 11) is 0. The van der Waals surface area contributed by atoms with Gasteiger partial charge in [0.25, 0.3) is 6.71 Å². The molecule has 89 heavy (non-hydrogen) atoms. The lowest BCUT2D eigenvalue weighted by Gasteiger charge is -2.45. The van der Waals surface area contributed by atoms with Gasteiger partial charge in [-0.15, -0.1) is 0 Å². The molecule has 2 aliphatic heterocycles. The van der Waals surface area contributed by atoms with Gasteiger partial charge in [0, 0.05) is 76.0 Å². The Hall–Kier alpha value is -10.1. The van der Waals surface area contributed by atoms with Gasteiger partial charge in [-0.05, 0) is 146 Å². The molecule has 0 atom stereocenters. The van der Waals surface area contributed by atoms with Crippen LogP contribution in [-0.2, 0) is 5.41 Å². The standard InChI is InChI=1S/C82H56BBrClN3O/c1-82(2,3)56-38-43-71(65(48-56)53-25-11-6-12-26-53)87-74-50-58(85)40-42-68(74)83-67-41-39-57(84)49-73(67)88(81-60(51-21-7-4-8-22-51)31-19-32-61(81)52-23-9-5-10-24-52)76-47-55(46-75(87)80(76)83)79-59(54-37-44-78-66(45-54)64-29-15-18-36-77(64)89-78)30-20-35-72(79)86-69-33-16-13-27-62(69)63-28-14-17-34-70(63)86/h4-50H,1-3H3. The third-order valence-electron chi connectivity index (χ3n) is 18.5. The molecule has 4 nitrogen and oxygen atoms in total. The summed E-state index contributed by atoms with van der Waals surface area (Å²) in [5.41, 5.74) is 27.2. The van der Waals surface area contributed by atoms with Crippen molar-refractivity contribution in [2.75, 3.05) is 9.80 Å². The van der Waals surface area contributed by atoms with Gasteiger partial charge in [-0.25, -0.2) is 0 Å². The van der Waals surface area contributed by atoms with Gasteiger partial charge in [0.1, 0.15) is 11.2 Å². The second-order valence-electron chi connectivity index (χ2n) is 24.6. The summed E-state index contributed by atoms with van der Waals surface area (Å²) in [6.07, 6.45) is 0. The molecule has 0 aliphatic carbocycles. The van der Waals surface area contributed by atoms with Crippen molar-refractivity contribution in [1.82, 2.24) is 4.57 Å². The molecule has 7 heteroatoms. The molecule has 422 valence electrons. The van der Waals surface area contributed by atoms with Crippen molar-refractivity contribution in [3.8, 4) is 61.3 Å². The number of hydrogen-bond acceptors (Lipinski definition) is 3. The maximum absolute atomic E-state index is 7.42. The molecule has 4 heterocycles. The van der Waals surface area contributed by atoms with Gasteiger partial charge in [0.05, 0.1) is 28.1 Å². The number of halogens is 2. The maximum atomic E-state index is 7.42. The molecule has 2 aromatic heterocycles. The lowest BCUT2D eigenvalue weighted by Crippen LogP contribution is -2.61. The third-order valence-corrected chi connectivity index (χ3v) is 19.2. The Kier molecular flexibility index (Phi) is 12.4. The summed E-state index contributed by atoms with van der Waals surface area (Å²) in [4.78, 5) is 5.15. The topological polar surface area (TPSA) is 24.6 Å². The smallest absolute Gasteiger partial charge is 0.252 e. The summed E-state index contributed by atoms with van der Waals surface area (Å²) in [5, 5.41) is 5.21. The van der Waals surface area contributed by atoms with E-state index in [1.807, 2.05) is 6.07 Å². The molecule has 0 saturated carbocycles. The Morgan fingerprint density at radius 1 is 0.371 bits per heavy atom. The molecule has 0 amide bonds. The van der Waals surface area contributed by atoms with Crippen LogP contribution in [0.15, 0.2) is 294 Å². The van der Waals surface area contributed by atoms with Crippen LogP contribution in [0.4, 0.5) is 34.1 Å². The summed E-state index contributed by atoms with van der Waals surface area (Å²) >= 11 is 11.5. The number of rotatable bonds is 8. The van der Waals surface area contributed by atoms with Crippen LogP contribution in [0.5, 0.6) is 0 Å². The van der Waals surface area contributed by atoms with E-state index >= 15 is 0 Å². The fraction of sp³-hybridized carbons (Fsp3) is 0.0488. The van der Waals surface area contributed by atoms with E-state index in [-0.39, 0.29) is 12.1 Å². The first-order valence-corrected chi connectivity index (χ1v) is 31.6. The molecule has 0 bridgehead atoms. The molecule has 0 radical (unpaired) electrons. The fourth-order valence-corrected chi connectivity index (χ4v) is 15.0. The Morgan fingerprint density at radius 3 is 1.58 bits per heavy atom. The average molecular weight is 1230 g/mol. The minimum Gasteiger partial charge on any atom is -0.456 e. The zero-order valence-electron chi connectivity index (χ0n) is 49.2. The third kappa shape index (κ3) is 8.56. The maximum Gasteiger partial charge on any atom is 0.252 e. The van der Waals surface area contributed by atoms with E-state index in [2.05, 4.69) is 330 Å². The Morgan fingerprint density at radius 2 is 0.921 bits per heavy atom. The summed E-state index contributed by atoms with van der Waals surface area (Å²) < 4.78 is 10.0. The number of nitrogens with zero attached hydrogens (tertiary/aromatic N) is 3. The van der Waals surface area contributed by atoms with Crippen LogP contribution in [0.25, 0.3) is 105 Å². The number of para-hydroxylation sites is 4. The number of furan rings is 1. The molecule has 0 saturated heterocycles. The number of anilines is 6. The first-order chi connectivity index (χ1) is 43.6. The summed E-state index contributed by atoms with van der Waals surface area (Å²) in [6.45, 7) is 6.70. The van der Waals surface area contributed by atoms with Crippen LogP contribution in [0.1, 0.15) is 26.3 Å². The van der Waals surface area contributed by atoms with E-state index in [1.165, 1.54) is 32.7 Å². The normalized spacial score (nSPS) is 12.7. The van der Waals surface area contributed by atoms with E-state index < -0.39 is 0 Å². The number of fused-ring (bicyclic) bond motifs is 10. The van der Waals surface area contributed by atoms with Crippen molar-refractivity contribution in [1.29, 1.82) is 0 Å². The van der Waals surface area contributed by atoms with Crippen LogP contribution in [0.3, 0.4) is 0 Å². The van der Waals surface area contributed by atoms with Crippen LogP contribution in [0, 0.1) is 0 Å². The van der Waals surface area contributed by atoms with Crippen molar-refractivity contribution in [2.24, 2.45) is 0 Å². The highest BCUT2D eigenvalue weighted by Crippen LogP contribution is 2.54. The predicted molar refractivity (Wildman–Crippen MR) is 381 cm³/mol. The zero-order valence-corrected chi connectivity index (χ0v) is 51.6. The van der Waals surface area contributed by atoms with E-state index in [0.717, 1.165) is 133 Å². The highest BCUT2D eigenvalue weighted by molar-refractivity contribution is 9.10. The molecule has 2 aliphatic rings. The van der Waals surface area contributed by atoms with Crippen molar-refractivity contribution < 1.29 is 4.42 Å².